The highest BCUT2D eigenvalue weighted by Gasteiger charge is 2.10. The Balaban J connectivity index is 1.75. The molecule has 0 atom stereocenters. The van der Waals surface area contributed by atoms with Crippen LogP contribution < -0.4 is 5.32 Å². The second kappa shape index (κ2) is 6.96. The van der Waals surface area contributed by atoms with Gasteiger partial charge in [-0.2, -0.15) is 0 Å². The number of amides is 1. The maximum Gasteiger partial charge on any atom is 0.251 e. The summed E-state index contributed by atoms with van der Waals surface area (Å²) in [6.45, 7) is 3.96. The highest BCUT2D eigenvalue weighted by molar-refractivity contribution is 5.94. The highest BCUT2D eigenvalue weighted by Crippen LogP contribution is 2.07. The van der Waals surface area contributed by atoms with E-state index in [1.54, 1.807) is 24.3 Å². The summed E-state index contributed by atoms with van der Waals surface area (Å²) in [6.07, 6.45) is 9.18. The van der Waals surface area contributed by atoms with Crippen molar-refractivity contribution in [3.63, 3.8) is 0 Å². The van der Waals surface area contributed by atoms with E-state index in [1.807, 2.05) is 0 Å². The molecular formula is C16H20N2O. The Morgan fingerprint density at radius 3 is 2.53 bits per heavy atom. The molecule has 1 N–H and O–H groups in total. The van der Waals surface area contributed by atoms with Gasteiger partial charge in [0.1, 0.15) is 0 Å². The second-order valence-corrected chi connectivity index (χ2v) is 4.88. The minimum atomic E-state index is -0.0272. The summed E-state index contributed by atoms with van der Waals surface area (Å²) >= 11 is 0. The Morgan fingerprint density at radius 1 is 1.21 bits per heavy atom. The fraction of sp³-hybridized carbons (Fsp3) is 0.438. The highest BCUT2D eigenvalue weighted by atomic mass is 16.1. The Hall–Kier alpha value is -1.79. The lowest BCUT2D eigenvalue weighted by atomic mass is 10.1. The Bertz CT molecular complexity index is 453. The minimum Gasteiger partial charge on any atom is -0.351 e. The van der Waals surface area contributed by atoms with Gasteiger partial charge in [-0.1, -0.05) is 12.3 Å². The molecule has 3 nitrogen and oxygen atoms in total. The molecular weight excluding hydrogens is 236 g/mol. The fourth-order valence-corrected chi connectivity index (χ4v) is 2.33. The Labute approximate surface area is 115 Å². The molecule has 1 aliphatic rings. The number of benzene rings is 1. The molecule has 1 aliphatic heterocycles. The first-order valence-corrected chi connectivity index (χ1v) is 6.87. The van der Waals surface area contributed by atoms with Crippen molar-refractivity contribution in [2.24, 2.45) is 0 Å². The third-order valence-electron chi connectivity index (χ3n) is 3.48. The number of piperidine rings is 1. The van der Waals surface area contributed by atoms with Crippen LogP contribution in [0.25, 0.3) is 0 Å². The number of rotatable bonds is 4. The van der Waals surface area contributed by atoms with Crippen molar-refractivity contribution in [3.8, 4) is 12.3 Å². The zero-order chi connectivity index (χ0) is 13.5. The number of carbonyl (C=O) groups excluding carboxylic acids is 1. The average molecular weight is 256 g/mol. The second-order valence-electron chi connectivity index (χ2n) is 4.88. The van der Waals surface area contributed by atoms with Gasteiger partial charge in [-0.15, -0.1) is 6.42 Å². The summed E-state index contributed by atoms with van der Waals surface area (Å²) < 4.78 is 0. The first-order chi connectivity index (χ1) is 9.29. The van der Waals surface area contributed by atoms with Gasteiger partial charge < -0.3 is 10.2 Å². The van der Waals surface area contributed by atoms with Crippen LogP contribution in [0.3, 0.4) is 0 Å². The largest absolute Gasteiger partial charge is 0.351 e. The third-order valence-corrected chi connectivity index (χ3v) is 3.48. The van der Waals surface area contributed by atoms with Crippen LogP contribution in [0, 0.1) is 12.3 Å². The molecule has 100 valence electrons. The van der Waals surface area contributed by atoms with E-state index < -0.39 is 0 Å². The predicted octanol–water partition coefficient (Wildman–Crippen LogP) is 1.88. The van der Waals surface area contributed by atoms with Crippen LogP contribution in [0.15, 0.2) is 24.3 Å². The summed E-state index contributed by atoms with van der Waals surface area (Å²) in [5, 5.41) is 2.95. The van der Waals surface area contributed by atoms with Crippen LogP contribution in [-0.4, -0.2) is 37.0 Å². The maximum absolute atomic E-state index is 11.9. The van der Waals surface area contributed by atoms with Crippen LogP contribution in [0.2, 0.25) is 0 Å². The molecule has 2 rings (SSSR count). The number of nitrogens with one attached hydrogen (secondary N) is 1. The summed E-state index contributed by atoms with van der Waals surface area (Å²) in [5.41, 5.74) is 1.46. The molecule has 0 unspecified atom stereocenters. The summed E-state index contributed by atoms with van der Waals surface area (Å²) in [5.74, 6) is 2.51. The van der Waals surface area contributed by atoms with Crippen LogP contribution in [0.4, 0.5) is 0 Å². The van der Waals surface area contributed by atoms with E-state index in [2.05, 4.69) is 16.1 Å². The van der Waals surface area contributed by atoms with Gasteiger partial charge in [0.25, 0.3) is 5.91 Å². The van der Waals surface area contributed by atoms with Crippen molar-refractivity contribution in [1.29, 1.82) is 0 Å². The van der Waals surface area contributed by atoms with E-state index in [0.717, 1.165) is 25.2 Å². The van der Waals surface area contributed by atoms with Crippen LogP contribution in [0.5, 0.6) is 0 Å². The van der Waals surface area contributed by atoms with Crippen molar-refractivity contribution < 1.29 is 4.79 Å². The predicted molar refractivity (Wildman–Crippen MR) is 77.0 cm³/mol. The number of nitrogens with zero attached hydrogens (tertiary/aromatic N) is 1. The summed E-state index contributed by atoms with van der Waals surface area (Å²) in [4.78, 5) is 14.3. The molecule has 0 radical (unpaired) electrons. The summed E-state index contributed by atoms with van der Waals surface area (Å²) in [7, 11) is 0. The fourth-order valence-electron chi connectivity index (χ4n) is 2.33. The van der Waals surface area contributed by atoms with Crippen molar-refractivity contribution >= 4 is 5.91 Å². The van der Waals surface area contributed by atoms with E-state index in [9.17, 15) is 4.79 Å². The molecule has 19 heavy (non-hydrogen) atoms. The number of hydrogen-bond donors (Lipinski definition) is 1. The molecule has 0 aliphatic carbocycles. The van der Waals surface area contributed by atoms with Crippen molar-refractivity contribution in [3.05, 3.63) is 35.4 Å². The Kier molecular flexibility index (Phi) is 5.00. The molecule has 1 saturated heterocycles. The zero-order valence-corrected chi connectivity index (χ0v) is 11.2. The molecule has 1 aromatic rings. The van der Waals surface area contributed by atoms with Gasteiger partial charge in [-0.3, -0.25) is 4.79 Å². The van der Waals surface area contributed by atoms with E-state index in [-0.39, 0.29) is 5.91 Å². The monoisotopic (exact) mass is 256 g/mol. The third kappa shape index (κ3) is 4.11. The lowest BCUT2D eigenvalue weighted by molar-refractivity contribution is 0.0946. The van der Waals surface area contributed by atoms with Gasteiger partial charge in [0.05, 0.1) is 0 Å². The molecule has 0 aromatic heterocycles. The van der Waals surface area contributed by atoms with E-state index >= 15 is 0 Å². The minimum absolute atomic E-state index is 0.0272. The number of carbonyl (C=O) groups is 1. The standard InChI is InChI=1S/C16H20N2O/c1-2-14-6-8-15(9-7-14)16(19)17-10-13-18-11-4-3-5-12-18/h1,6-9H,3-5,10-13H2,(H,17,19). The first kappa shape index (κ1) is 13.6. The van der Waals surface area contributed by atoms with Gasteiger partial charge in [-0.05, 0) is 50.2 Å². The number of terminal acetylenes is 1. The number of likely N-dealkylation sites (tertiary alicyclic amines) is 1. The van der Waals surface area contributed by atoms with Crippen LogP contribution in [-0.2, 0) is 0 Å². The molecule has 0 spiro atoms. The van der Waals surface area contributed by atoms with Gasteiger partial charge >= 0.3 is 0 Å². The van der Waals surface area contributed by atoms with E-state index in [1.165, 1.54) is 19.3 Å². The van der Waals surface area contributed by atoms with Gasteiger partial charge in [0.15, 0.2) is 0 Å². The van der Waals surface area contributed by atoms with Crippen molar-refractivity contribution in [2.45, 2.75) is 19.3 Å². The lowest BCUT2D eigenvalue weighted by Gasteiger charge is -2.26. The molecule has 3 heteroatoms. The normalized spacial score (nSPS) is 15.7. The maximum atomic E-state index is 11.9. The average Bonchev–Trinajstić information content (AvgIpc) is 2.48. The van der Waals surface area contributed by atoms with Crippen LogP contribution >= 0.6 is 0 Å². The quantitative estimate of drug-likeness (QED) is 0.834. The molecule has 0 bridgehead atoms. The molecule has 1 amide bonds. The first-order valence-electron chi connectivity index (χ1n) is 6.87. The topological polar surface area (TPSA) is 32.3 Å². The smallest absolute Gasteiger partial charge is 0.251 e. The number of hydrogen-bond acceptors (Lipinski definition) is 2. The van der Waals surface area contributed by atoms with Crippen molar-refractivity contribution in [1.82, 2.24) is 10.2 Å². The van der Waals surface area contributed by atoms with Gasteiger partial charge in [0.2, 0.25) is 0 Å². The van der Waals surface area contributed by atoms with E-state index in [4.69, 9.17) is 6.42 Å². The Morgan fingerprint density at radius 2 is 1.89 bits per heavy atom. The molecule has 1 fully saturated rings. The van der Waals surface area contributed by atoms with Crippen molar-refractivity contribution in [2.75, 3.05) is 26.2 Å². The SMILES string of the molecule is C#Cc1ccc(C(=O)NCCN2CCCCC2)cc1. The van der Waals surface area contributed by atoms with Gasteiger partial charge in [0, 0.05) is 24.2 Å². The molecule has 1 aromatic carbocycles. The summed E-state index contributed by atoms with van der Waals surface area (Å²) in [6, 6.07) is 7.12. The van der Waals surface area contributed by atoms with Gasteiger partial charge in [-0.25, -0.2) is 0 Å². The molecule has 0 saturated carbocycles. The lowest BCUT2D eigenvalue weighted by Crippen LogP contribution is -2.37. The van der Waals surface area contributed by atoms with E-state index in [0.29, 0.717) is 12.1 Å². The zero-order valence-electron chi connectivity index (χ0n) is 11.2. The van der Waals surface area contributed by atoms with Crippen LogP contribution in [0.1, 0.15) is 35.2 Å². The molecule has 1 heterocycles.